The van der Waals surface area contributed by atoms with Gasteiger partial charge in [0.25, 0.3) is 0 Å². The van der Waals surface area contributed by atoms with Gasteiger partial charge in [-0.05, 0) is 61.7 Å². The molecule has 8 heteroatoms. The van der Waals surface area contributed by atoms with E-state index >= 15 is 0 Å². The Balaban J connectivity index is 0.000000257. The summed E-state index contributed by atoms with van der Waals surface area (Å²) in [6, 6.07) is 10.5. The average Bonchev–Trinajstić information content (AvgIpc) is 3.69. The van der Waals surface area contributed by atoms with E-state index in [0.717, 1.165) is 79.8 Å². The van der Waals surface area contributed by atoms with Crippen LogP contribution in [0.2, 0.25) is 0 Å². The molecule has 0 bridgehead atoms. The number of unbranched alkanes of at least 4 members (excludes halogenated alkanes) is 3. The van der Waals surface area contributed by atoms with E-state index in [1.165, 1.54) is 48.2 Å². The smallest absolute Gasteiger partial charge is 0.209 e. The van der Waals surface area contributed by atoms with Crippen molar-refractivity contribution in [2.24, 2.45) is 0 Å². The Morgan fingerprint density at radius 1 is 1.00 bits per heavy atom. The number of nitrogens with one attached hydrogen (secondary N) is 2. The molecule has 0 saturated carbocycles. The Morgan fingerprint density at radius 2 is 1.81 bits per heavy atom. The number of benzene rings is 1. The number of H-pyrrole nitrogens is 1. The van der Waals surface area contributed by atoms with E-state index in [9.17, 15) is 4.79 Å². The molecule has 1 aliphatic heterocycles. The van der Waals surface area contributed by atoms with Gasteiger partial charge in [-0.3, -0.25) is 9.69 Å². The Hall–Kier alpha value is -3.23. The van der Waals surface area contributed by atoms with Crippen LogP contribution >= 0.6 is 11.3 Å². The maximum atomic E-state index is 10.5. The van der Waals surface area contributed by atoms with Gasteiger partial charge >= 0.3 is 0 Å². The molecule has 42 heavy (non-hydrogen) atoms. The van der Waals surface area contributed by atoms with Gasteiger partial charge in [0.05, 0.1) is 21.4 Å². The summed E-state index contributed by atoms with van der Waals surface area (Å²) in [7, 11) is 0. The SMILES string of the molecule is CC.CC/C=C(\CCC)c1cc2c(Nc3ccc4ncsc4c3)ccnc2[nH]1.CCCCCCN1CCN(C=O)CC1. The highest BCUT2D eigenvalue weighted by atomic mass is 32.1. The number of hydrogen-bond donors (Lipinski definition) is 2. The number of piperazine rings is 1. The minimum atomic E-state index is 0.914. The van der Waals surface area contributed by atoms with Gasteiger partial charge in [-0.25, -0.2) is 9.97 Å². The first-order chi connectivity index (χ1) is 20.6. The predicted octanol–water partition coefficient (Wildman–Crippen LogP) is 8.88. The maximum Gasteiger partial charge on any atom is 0.209 e. The molecule has 1 amide bonds. The minimum absolute atomic E-state index is 0.914. The summed E-state index contributed by atoms with van der Waals surface area (Å²) in [5, 5.41) is 4.66. The van der Waals surface area contributed by atoms with Crippen LogP contribution in [0.4, 0.5) is 11.4 Å². The van der Waals surface area contributed by atoms with Gasteiger partial charge in [-0.15, -0.1) is 11.3 Å². The third-order valence-electron chi connectivity index (χ3n) is 7.34. The lowest BCUT2D eigenvalue weighted by Gasteiger charge is -2.32. The minimum Gasteiger partial charge on any atom is -0.355 e. The monoisotopic (exact) mass is 590 g/mol. The van der Waals surface area contributed by atoms with Crippen molar-refractivity contribution in [3.05, 3.63) is 53.8 Å². The van der Waals surface area contributed by atoms with Crippen molar-refractivity contribution in [2.75, 3.05) is 38.0 Å². The first-order valence-electron chi connectivity index (χ1n) is 15.8. The second-order valence-corrected chi connectivity index (χ2v) is 11.3. The summed E-state index contributed by atoms with van der Waals surface area (Å²) in [5.74, 6) is 0. The standard InChI is InChI=1S/C21H22N4S.C11H22N2O.C2H6/c1-3-5-14(6-4-2)19-12-16-17(9-10-22-21(16)25-19)24-15-7-8-18-20(11-15)26-13-23-18;1-2-3-4-5-6-12-7-9-13(11-14)10-8-12;1-2/h5,7-13H,3-4,6H2,1-2H3,(H2,22,24,25);11H,2-10H2,1H3;1-2H3/b14-5+;;. The van der Waals surface area contributed by atoms with Gasteiger partial charge in [0.2, 0.25) is 6.41 Å². The summed E-state index contributed by atoms with van der Waals surface area (Å²) in [5.41, 5.74) is 8.50. The van der Waals surface area contributed by atoms with Gasteiger partial charge in [0.1, 0.15) is 5.65 Å². The van der Waals surface area contributed by atoms with Gasteiger partial charge in [-0.1, -0.05) is 66.4 Å². The fourth-order valence-electron chi connectivity index (χ4n) is 5.11. The fourth-order valence-corrected chi connectivity index (χ4v) is 5.83. The molecule has 1 saturated heterocycles. The lowest BCUT2D eigenvalue weighted by molar-refractivity contribution is -0.119. The molecular formula is C34H50N6OS. The van der Waals surface area contributed by atoms with Crippen LogP contribution in [0, 0.1) is 0 Å². The first-order valence-corrected chi connectivity index (χ1v) is 16.7. The molecule has 0 atom stereocenters. The van der Waals surface area contributed by atoms with Gasteiger partial charge in [0.15, 0.2) is 0 Å². The van der Waals surface area contributed by atoms with Crippen LogP contribution in [-0.4, -0.2) is 63.9 Å². The molecule has 1 fully saturated rings. The maximum absolute atomic E-state index is 10.5. The largest absolute Gasteiger partial charge is 0.355 e. The third-order valence-corrected chi connectivity index (χ3v) is 8.13. The number of aromatic nitrogens is 3. The summed E-state index contributed by atoms with van der Waals surface area (Å²) >= 11 is 1.66. The number of nitrogens with zero attached hydrogens (tertiary/aromatic N) is 4. The highest BCUT2D eigenvalue weighted by Gasteiger charge is 2.14. The van der Waals surface area contributed by atoms with Crippen molar-refractivity contribution in [3.8, 4) is 0 Å². The number of aromatic amines is 1. The molecule has 0 radical (unpaired) electrons. The number of allylic oxidation sites excluding steroid dienone is 2. The van der Waals surface area contributed by atoms with Crippen molar-refractivity contribution < 1.29 is 4.79 Å². The second kappa shape index (κ2) is 18.3. The summed E-state index contributed by atoms with van der Waals surface area (Å²) in [4.78, 5) is 27.2. The van der Waals surface area contributed by atoms with Crippen molar-refractivity contribution >= 4 is 55.9 Å². The molecule has 0 aliphatic carbocycles. The number of amides is 1. The van der Waals surface area contributed by atoms with Crippen LogP contribution in [0.3, 0.4) is 0 Å². The summed E-state index contributed by atoms with van der Waals surface area (Å²) in [6.07, 6.45) is 13.7. The van der Waals surface area contributed by atoms with Crippen LogP contribution in [0.5, 0.6) is 0 Å². The lowest BCUT2D eigenvalue weighted by Crippen LogP contribution is -2.45. The van der Waals surface area contributed by atoms with Crippen LogP contribution in [0.25, 0.3) is 26.8 Å². The number of thiazole rings is 1. The molecule has 1 aromatic carbocycles. The number of carbonyl (C=O) groups is 1. The zero-order valence-corrected chi connectivity index (χ0v) is 27.1. The van der Waals surface area contributed by atoms with Gasteiger partial charge in [0, 0.05) is 49.1 Å². The first kappa shape index (κ1) is 33.3. The van der Waals surface area contributed by atoms with Gasteiger partial charge in [-0.2, -0.15) is 0 Å². The fraction of sp³-hybridized carbons (Fsp3) is 0.500. The molecular weight excluding hydrogens is 540 g/mol. The number of rotatable bonds is 12. The molecule has 0 unspecified atom stereocenters. The summed E-state index contributed by atoms with van der Waals surface area (Å²) in [6.45, 7) is 15.8. The number of pyridine rings is 1. The lowest BCUT2D eigenvalue weighted by atomic mass is 10.1. The normalized spacial score (nSPS) is 13.8. The molecule has 1 aliphatic rings. The van der Waals surface area contributed by atoms with E-state index in [1.54, 1.807) is 11.3 Å². The van der Waals surface area contributed by atoms with E-state index in [-0.39, 0.29) is 0 Å². The zero-order valence-electron chi connectivity index (χ0n) is 26.3. The Bertz CT molecular complexity index is 1370. The van der Waals surface area contributed by atoms with Gasteiger partial charge < -0.3 is 15.2 Å². The van der Waals surface area contributed by atoms with Crippen LogP contribution < -0.4 is 5.32 Å². The molecule has 4 heterocycles. The van der Waals surface area contributed by atoms with Crippen molar-refractivity contribution in [3.63, 3.8) is 0 Å². The number of anilines is 2. The highest BCUT2D eigenvalue weighted by Crippen LogP contribution is 2.31. The van der Waals surface area contributed by atoms with Crippen LogP contribution in [0.15, 0.2) is 48.1 Å². The van der Waals surface area contributed by atoms with Crippen LogP contribution in [-0.2, 0) is 4.79 Å². The number of hydrogen-bond acceptors (Lipinski definition) is 6. The van der Waals surface area contributed by atoms with Crippen LogP contribution in [0.1, 0.15) is 85.3 Å². The quantitative estimate of drug-likeness (QED) is 0.127. The molecule has 5 rings (SSSR count). The molecule has 3 aromatic heterocycles. The van der Waals surface area contributed by atoms with Crippen molar-refractivity contribution in [2.45, 2.75) is 79.6 Å². The van der Waals surface area contributed by atoms with E-state index in [2.05, 4.69) is 76.3 Å². The second-order valence-electron chi connectivity index (χ2n) is 10.4. The number of fused-ring (bicyclic) bond motifs is 2. The topological polar surface area (TPSA) is 77.2 Å². The van der Waals surface area contributed by atoms with E-state index < -0.39 is 0 Å². The van der Waals surface area contributed by atoms with Crippen molar-refractivity contribution in [1.29, 1.82) is 0 Å². The Morgan fingerprint density at radius 3 is 2.52 bits per heavy atom. The average molecular weight is 591 g/mol. The van der Waals surface area contributed by atoms with E-state index in [0.29, 0.717) is 0 Å². The molecule has 228 valence electrons. The zero-order chi connectivity index (χ0) is 30.2. The molecule has 4 aromatic rings. The molecule has 2 N–H and O–H groups in total. The Kier molecular flexibility index (Phi) is 14.5. The predicted molar refractivity (Wildman–Crippen MR) is 182 cm³/mol. The van der Waals surface area contributed by atoms with Crippen molar-refractivity contribution in [1.82, 2.24) is 24.8 Å². The summed E-state index contributed by atoms with van der Waals surface area (Å²) < 4.78 is 1.19. The third kappa shape index (κ3) is 9.66. The number of carbonyl (C=O) groups excluding carboxylic acids is 1. The molecule has 0 spiro atoms. The Labute approximate surface area is 256 Å². The highest BCUT2D eigenvalue weighted by molar-refractivity contribution is 7.16. The van der Waals surface area contributed by atoms with E-state index in [4.69, 9.17) is 0 Å². The molecule has 7 nitrogen and oxygen atoms in total. The van der Waals surface area contributed by atoms with E-state index in [1.807, 2.05) is 36.5 Å².